The van der Waals surface area contributed by atoms with Crippen molar-refractivity contribution in [3.8, 4) is 5.75 Å². The first-order valence-corrected chi connectivity index (χ1v) is 3.67. The molecule has 4 heteroatoms. The zero-order valence-electron chi connectivity index (χ0n) is 7.08. The lowest BCUT2D eigenvalue weighted by molar-refractivity contribution is -0.136. The third kappa shape index (κ3) is 2.43. The molecule has 0 saturated carbocycles. The molecule has 0 aliphatic carbocycles. The Morgan fingerprint density at radius 2 is 2.31 bits per heavy atom. The van der Waals surface area contributed by atoms with Gasteiger partial charge in [0.05, 0.1) is 13.5 Å². The van der Waals surface area contributed by atoms with Crippen LogP contribution in [0.1, 0.15) is 5.56 Å². The minimum absolute atomic E-state index is 0.163. The SMILES string of the molecule is COc1cc(F)ccc1CC(=O)O. The van der Waals surface area contributed by atoms with E-state index in [1.54, 1.807) is 0 Å². The van der Waals surface area contributed by atoms with Gasteiger partial charge in [0.25, 0.3) is 0 Å². The maximum Gasteiger partial charge on any atom is 0.307 e. The minimum Gasteiger partial charge on any atom is -0.496 e. The van der Waals surface area contributed by atoms with Crippen molar-refractivity contribution in [3.63, 3.8) is 0 Å². The lowest BCUT2D eigenvalue weighted by atomic mass is 10.1. The summed E-state index contributed by atoms with van der Waals surface area (Å²) in [5.74, 6) is -1.14. The maximum absolute atomic E-state index is 12.6. The molecule has 0 unspecified atom stereocenters. The monoisotopic (exact) mass is 184 g/mol. The summed E-state index contributed by atoms with van der Waals surface area (Å²) >= 11 is 0. The fourth-order valence-corrected chi connectivity index (χ4v) is 1.03. The average molecular weight is 184 g/mol. The highest BCUT2D eigenvalue weighted by Crippen LogP contribution is 2.19. The van der Waals surface area contributed by atoms with E-state index < -0.39 is 11.8 Å². The number of halogens is 1. The van der Waals surface area contributed by atoms with Crippen LogP contribution in [0.3, 0.4) is 0 Å². The van der Waals surface area contributed by atoms with Gasteiger partial charge in [-0.1, -0.05) is 6.07 Å². The first-order valence-electron chi connectivity index (χ1n) is 3.67. The van der Waals surface area contributed by atoms with Crippen LogP contribution in [-0.2, 0) is 11.2 Å². The summed E-state index contributed by atoms with van der Waals surface area (Å²) in [6.45, 7) is 0. The fraction of sp³-hybridized carbons (Fsp3) is 0.222. The zero-order valence-corrected chi connectivity index (χ0v) is 7.08. The maximum atomic E-state index is 12.6. The Kier molecular flexibility index (Phi) is 2.84. The molecule has 3 nitrogen and oxygen atoms in total. The second-order valence-corrected chi connectivity index (χ2v) is 2.53. The van der Waals surface area contributed by atoms with Crippen molar-refractivity contribution < 1.29 is 19.0 Å². The Bertz CT molecular complexity index is 323. The Hall–Kier alpha value is -1.58. The lowest BCUT2D eigenvalue weighted by Crippen LogP contribution is -2.02. The molecule has 0 atom stereocenters. The third-order valence-electron chi connectivity index (χ3n) is 1.59. The van der Waals surface area contributed by atoms with Crippen molar-refractivity contribution >= 4 is 5.97 Å². The van der Waals surface area contributed by atoms with Crippen LogP contribution in [0.4, 0.5) is 4.39 Å². The number of hydrogen-bond acceptors (Lipinski definition) is 2. The molecule has 0 heterocycles. The molecule has 0 saturated heterocycles. The molecule has 0 radical (unpaired) electrons. The smallest absolute Gasteiger partial charge is 0.307 e. The summed E-state index contributed by atoms with van der Waals surface area (Å²) in [7, 11) is 1.38. The Morgan fingerprint density at radius 3 is 2.85 bits per heavy atom. The normalized spacial score (nSPS) is 9.69. The van der Waals surface area contributed by atoms with Gasteiger partial charge >= 0.3 is 5.97 Å². The summed E-state index contributed by atoms with van der Waals surface area (Å²) in [5.41, 5.74) is 0.469. The second-order valence-electron chi connectivity index (χ2n) is 2.53. The van der Waals surface area contributed by atoms with Crippen LogP contribution in [0.2, 0.25) is 0 Å². The molecule has 70 valence electrons. The van der Waals surface area contributed by atoms with E-state index in [4.69, 9.17) is 9.84 Å². The van der Waals surface area contributed by atoms with Crippen LogP contribution in [0, 0.1) is 5.82 Å². The molecule has 0 bridgehead atoms. The number of methoxy groups -OCH3 is 1. The van der Waals surface area contributed by atoms with Gasteiger partial charge in [0.2, 0.25) is 0 Å². The Morgan fingerprint density at radius 1 is 1.62 bits per heavy atom. The van der Waals surface area contributed by atoms with Crippen LogP contribution < -0.4 is 4.74 Å². The van der Waals surface area contributed by atoms with Crippen LogP contribution >= 0.6 is 0 Å². The highest BCUT2D eigenvalue weighted by molar-refractivity contribution is 5.71. The van der Waals surface area contributed by atoms with Gasteiger partial charge < -0.3 is 9.84 Å². The molecule has 1 aromatic carbocycles. The predicted molar refractivity (Wildman–Crippen MR) is 44.3 cm³/mol. The van der Waals surface area contributed by atoms with Crippen LogP contribution in [0.15, 0.2) is 18.2 Å². The third-order valence-corrected chi connectivity index (χ3v) is 1.59. The van der Waals surface area contributed by atoms with E-state index in [0.29, 0.717) is 5.56 Å². The van der Waals surface area contributed by atoms with E-state index in [0.717, 1.165) is 6.07 Å². The van der Waals surface area contributed by atoms with Crippen molar-refractivity contribution in [1.29, 1.82) is 0 Å². The number of aliphatic carboxylic acids is 1. The van der Waals surface area contributed by atoms with Gasteiger partial charge in [-0.2, -0.15) is 0 Å². The molecular weight excluding hydrogens is 175 g/mol. The lowest BCUT2D eigenvalue weighted by Gasteiger charge is -2.05. The number of carboxylic acids is 1. The van der Waals surface area contributed by atoms with Gasteiger partial charge in [-0.25, -0.2) is 4.39 Å². The van der Waals surface area contributed by atoms with Crippen molar-refractivity contribution in [2.75, 3.05) is 7.11 Å². The highest BCUT2D eigenvalue weighted by atomic mass is 19.1. The summed E-state index contributed by atoms with van der Waals surface area (Å²) < 4.78 is 17.5. The first-order chi connectivity index (χ1) is 6.13. The quantitative estimate of drug-likeness (QED) is 0.773. The van der Waals surface area contributed by atoms with Crippen LogP contribution in [-0.4, -0.2) is 18.2 Å². The van der Waals surface area contributed by atoms with E-state index in [9.17, 15) is 9.18 Å². The number of carboxylic acid groups (broad SMARTS) is 1. The van der Waals surface area contributed by atoms with Gasteiger partial charge in [-0.05, 0) is 6.07 Å². The number of benzene rings is 1. The molecule has 0 fully saturated rings. The zero-order chi connectivity index (χ0) is 9.84. The summed E-state index contributed by atoms with van der Waals surface area (Å²) in [6.07, 6.45) is -0.163. The van der Waals surface area contributed by atoms with Gasteiger partial charge in [0.1, 0.15) is 11.6 Å². The number of carbonyl (C=O) groups is 1. The van der Waals surface area contributed by atoms with E-state index >= 15 is 0 Å². The molecule has 0 amide bonds. The molecule has 13 heavy (non-hydrogen) atoms. The van der Waals surface area contributed by atoms with Gasteiger partial charge in [-0.15, -0.1) is 0 Å². The molecule has 0 aromatic heterocycles. The van der Waals surface area contributed by atoms with E-state index in [2.05, 4.69) is 0 Å². The van der Waals surface area contributed by atoms with Crippen LogP contribution in [0.25, 0.3) is 0 Å². The van der Waals surface area contributed by atoms with Crippen molar-refractivity contribution in [3.05, 3.63) is 29.6 Å². The molecule has 0 aliphatic heterocycles. The van der Waals surface area contributed by atoms with E-state index in [-0.39, 0.29) is 12.2 Å². The largest absolute Gasteiger partial charge is 0.496 e. The van der Waals surface area contributed by atoms with Gasteiger partial charge in [0.15, 0.2) is 0 Å². The second kappa shape index (κ2) is 3.89. The molecule has 0 aliphatic rings. The topological polar surface area (TPSA) is 46.5 Å². The molecule has 1 aromatic rings. The standard InChI is InChI=1S/C9H9FO3/c1-13-8-5-7(10)3-2-6(8)4-9(11)12/h2-3,5H,4H2,1H3,(H,11,12). The molecule has 1 rings (SSSR count). The van der Waals surface area contributed by atoms with Crippen molar-refractivity contribution in [2.45, 2.75) is 6.42 Å². The van der Waals surface area contributed by atoms with Crippen LogP contribution in [0.5, 0.6) is 5.75 Å². The number of rotatable bonds is 3. The number of ether oxygens (including phenoxy) is 1. The van der Waals surface area contributed by atoms with Crippen molar-refractivity contribution in [1.82, 2.24) is 0 Å². The minimum atomic E-state index is -0.968. The van der Waals surface area contributed by atoms with Crippen molar-refractivity contribution in [2.24, 2.45) is 0 Å². The summed E-state index contributed by atoms with van der Waals surface area (Å²) in [4.78, 5) is 10.4. The molecule has 0 spiro atoms. The number of hydrogen-bond donors (Lipinski definition) is 1. The first kappa shape index (κ1) is 9.51. The summed E-state index contributed by atoms with van der Waals surface area (Å²) in [5, 5.41) is 8.51. The Labute approximate surface area is 74.8 Å². The average Bonchev–Trinajstić information content (AvgIpc) is 2.07. The molecule has 1 N–H and O–H groups in total. The van der Waals surface area contributed by atoms with E-state index in [1.165, 1.54) is 19.2 Å². The van der Waals surface area contributed by atoms with Gasteiger partial charge in [-0.3, -0.25) is 4.79 Å². The summed E-state index contributed by atoms with van der Waals surface area (Å²) in [6, 6.07) is 3.78. The van der Waals surface area contributed by atoms with Gasteiger partial charge in [0, 0.05) is 11.6 Å². The predicted octanol–water partition coefficient (Wildman–Crippen LogP) is 1.46. The van der Waals surface area contributed by atoms with E-state index in [1.807, 2.05) is 0 Å². The Balaban J connectivity index is 2.99. The fourth-order valence-electron chi connectivity index (χ4n) is 1.03. The highest BCUT2D eigenvalue weighted by Gasteiger charge is 2.07. The molecular formula is C9H9FO3.